The van der Waals surface area contributed by atoms with E-state index >= 15 is 0 Å². The molecule has 0 saturated carbocycles. The van der Waals surface area contributed by atoms with Crippen molar-refractivity contribution in [3.63, 3.8) is 0 Å². The molecule has 0 saturated heterocycles. The molecule has 1 aromatic heterocycles. The molecule has 0 aliphatic rings. The average Bonchev–Trinajstić information content (AvgIpc) is 2.35. The first-order valence-electron chi connectivity index (χ1n) is 6.42. The average molecular weight is 286 g/mol. The summed E-state index contributed by atoms with van der Waals surface area (Å²) in [4.78, 5) is 18.7. The summed E-state index contributed by atoms with van der Waals surface area (Å²) >= 11 is 0. The van der Waals surface area contributed by atoms with Gasteiger partial charge in [-0.1, -0.05) is 17.2 Å². The maximum atomic E-state index is 13.7. The fraction of sp³-hybridized carbons (Fsp3) is 0.125. The van der Waals surface area contributed by atoms with Crippen molar-refractivity contribution >= 4 is 10.9 Å². The third kappa shape index (κ3) is 2.42. The zero-order valence-electron chi connectivity index (χ0n) is 11.5. The highest BCUT2D eigenvalue weighted by Gasteiger charge is 2.12. The summed E-state index contributed by atoms with van der Waals surface area (Å²) in [6.07, 6.45) is 0. The Balaban J connectivity index is 2.32. The number of fused-ring (bicyclic) bond motifs is 1. The van der Waals surface area contributed by atoms with Crippen LogP contribution in [0.1, 0.15) is 11.1 Å². The molecule has 3 nitrogen and oxygen atoms in total. The Hall–Kier alpha value is -2.56. The van der Waals surface area contributed by atoms with Gasteiger partial charge in [0.2, 0.25) is 0 Å². The summed E-state index contributed by atoms with van der Waals surface area (Å²) in [6.45, 7) is 3.85. The lowest BCUT2D eigenvalue weighted by Crippen LogP contribution is -2.11. The zero-order chi connectivity index (χ0) is 15.1. The van der Waals surface area contributed by atoms with Crippen molar-refractivity contribution in [2.75, 3.05) is 0 Å². The van der Waals surface area contributed by atoms with Crippen LogP contribution in [0, 0.1) is 25.5 Å². The Morgan fingerprint density at radius 2 is 1.67 bits per heavy atom. The van der Waals surface area contributed by atoms with Crippen LogP contribution < -0.4 is 5.56 Å². The summed E-state index contributed by atoms with van der Waals surface area (Å²) in [5.74, 6) is -1.38. The molecule has 0 fully saturated rings. The van der Waals surface area contributed by atoms with Gasteiger partial charge in [-0.2, -0.15) is 0 Å². The molecular weight excluding hydrogens is 274 g/mol. The fourth-order valence-electron chi connectivity index (χ4n) is 2.44. The van der Waals surface area contributed by atoms with E-state index in [4.69, 9.17) is 0 Å². The number of H-pyrrole nitrogens is 1. The van der Waals surface area contributed by atoms with Crippen LogP contribution in [0.2, 0.25) is 0 Å². The van der Waals surface area contributed by atoms with E-state index < -0.39 is 17.2 Å². The normalized spacial score (nSPS) is 11.0. The molecular formula is C16H12F2N2O. The van der Waals surface area contributed by atoms with Crippen molar-refractivity contribution < 1.29 is 8.78 Å². The van der Waals surface area contributed by atoms with E-state index in [0.29, 0.717) is 17.5 Å². The first-order valence-corrected chi connectivity index (χ1v) is 6.42. The summed E-state index contributed by atoms with van der Waals surface area (Å²) in [6, 6.07) is 7.43. The monoisotopic (exact) mass is 286 g/mol. The second kappa shape index (κ2) is 4.77. The minimum atomic E-state index is -0.911. The number of hydrogen-bond donors (Lipinski definition) is 1. The van der Waals surface area contributed by atoms with Crippen LogP contribution in [0.4, 0.5) is 8.78 Å². The number of aromatic amines is 1. The van der Waals surface area contributed by atoms with Crippen molar-refractivity contribution in [1.82, 2.24) is 9.97 Å². The van der Waals surface area contributed by atoms with Gasteiger partial charge >= 0.3 is 0 Å². The van der Waals surface area contributed by atoms with Gasteiger partial charge in [-0.05, 0) is 26.0 Å². The van der Waals surface area contributed by atoms with Gasteiger partial charge in [0.05, 0.1) is 5.52 Å². The van der Waals surface area contributed by atoms with Gasteiger partial charge in [0, 0.05) is 17.7 Å². The molecule has 5 heteroatoms. The van der Waals surface area contributed by atoms with Crippen molar-refractivity contribution in [3.8, 4) is 11.4 Å². The second-order valence-electron chi connectivity index (χ2n) is 5.07. The van der Waals surface area contributed by atoms with Crippen LogP contribution in [-0.2, 0) is 0 Å². The molecule has 3 rings (SSSR count). The van der Waals surface area contributed by atoms with Crippen LogP contribution in [0.25, 0.3) is 22.3 Å². The molecule has 0 bridgehead atoms. The highest BCUT2D eigenvalue weighted by molar-refractivity contribution is 5.80. The summed E-state index contributed by atoms with van der Waals surface area (Å²) in [5, 5.41) is -0.232. The Bertz CT molecular complexity index is 896. The van der Waals surface area contributed by atoms with E-state index in [1.54, 1.807) is 0 Å². The summed E-state index contributed by atoms with van der Waals surface area (Å²) in [7, 11) is 0. The predicted molar refractivity (Wildman–Crippen MR) is 77.2 cm³/mol. The third-order valence-electron chi connectivity index (χ3n) is 3.22. The van der Waals surface area contributed by atoms with Crippen LogP contribution >= 0.6 is 0 Å². The van der Waals surface area contributed by atoms with Crippen molar-refractivity contribution in [3.05, 3.63) is 63.4 Å². The molecule has 0 unspecified atom stereocenters. The van der Waals surface area contributed by atoms with Gasteiger partial charge in [-0.25, -0.2) is 13.8 Å². The molecule has 1 heterocycles. The SMILES string of the molecule is Cc1cc(C)cc(-c2nc3cc(F)cc(F)c3c(=O)[nH]2)c1. The van der Waals surface area contributed by atoms with Crippen LogP contribution in [0.15, 0.2) is 35.1 Å². The highest BCUT2D eigenvalue weighted by atomic mass is 19.1. The smallest absolute Gasteiger partial charge is 0.262 e. The van der Waals surface area contributed by atoms with Gasteiger partial charge in [-0.3, -0.25) is 4.79 Å². The Morgan fingerprint density at radius 1 is 1.00 bits per heavy atom. The molecule has 0 radical (unpaired) electrons. The fourth-order valence-corrected chi connectivity index (χ4v) is 2.44. The summed E-state index contributed by atoms with van der Waals surface area (Å²) in [5.41, 5.74) is 2.12. The quantitative estimate of drug-likeness (QED) is 0.744. The Kier molecular flexibility index (Phi) is 3.05. The van der Waals surface area contributed by atoms with E-state index in [2.05, 4.69) is 9.97 Å². The molecule has 2 aromatic carbocycles. The topological polar surface area (TPSA) is 45.8 Å². The van der Waals surface area contributed by atoms with Crippen molar-refractivity contribution in [1.29, 1.82) is 0 Å². The van der Waals surface area contributed by atoms with E-state index in [0.717, 1.165) is 17.2 Å². The molecule has 0 spiro atoms. The van der Waals surface area contributed by atoms with Crippen molar-refractivity contribution in [2.24, 2.45) is 0 Å². The number of aryl methyl sites for hydroxylation is 2. The Morgan fingerprint density at radius 3 is 2.33 bits per heavy atom. The van der Waals surface area contributed by atoms with Gasteiger partial charge in [-0.15, -0.1) is 0 Å². The standard InChI is InChI=1S/C16H12F2N2O/c1-8-3-9(2)5-10(4-8)15-19-13-7-11(17)6-12(18)14(13)16(21)20-15/h3-7H,1-2H3,(H,19,20,21). The van der Waals surface area contributed by atoms with Gasteiger partial charge < -0.3 is 4.98 Å². The summed E-state index contributed by atoms with van der Waals surface area (Å²) < 4.78 is 27.0. The molecule has 1 N–H and O–H groups in total. The maximum Gasteiger partial charge on any atom is 0.262 e. The molecule has 0 atom stereocenters. The zero-order valence-corrected chi connectivity index (χ0v) is 11.5. The molecule has 3 aromatic rings. The van der Waals surface area contributed by atoms with Crippen LogP contribution in [0.5, 0.6) is 0 Å². The minimum Gasteiger partial charge on any atom is -0.306 e. The number of nitrogens with zero attached hydrogens (tertiary/aromatic N) is 1. The lowest BCUT2D eigenvalue weighted by atomic mass is 10.1. The van der Waals surface area contributed by atoms with Gasteiger partial charge in [0.25, 0.3) is 5.56 Å². The van der Waals surface area contributed by atoms with Crippen LogP contribution in [-0.4, -0.2) is 9.97 Å². The minimum absolute atomic E-state index is 0.00501. The number of rotatable bonds is 1. The van der Waals surface area contributed by atoms with E-state index in [9.17, 15) is 13.6 Å². The van der Waals surface area contributed by atoms with Crippen LogP contribution in [0.3, 0.4) is 0 Å². The third-order valence-corrected chi connectivity index (χ3v) is 3.22. The molecule has 21 heavy (non-hydrogen) atoms. The molecule has 106 valence electrons. The molecule has 0 aliphatic carbocycles. The lowest BCUT2D eigenvalue weighted by Gasteiger charge is -2.06. The van der Waals surface area contributed by atoms with E-state index in [-0.39, 0.29) is 10.9 Å². The maximum absolute atomic E-state index is 13.7. The predicted octanol–water partition coefficient (Wildman–Crippen LogP) is 3.49. The van der Waals surface area contributed by atoms with Gasteiger partial charge in [0.1, 0.15) is 22.8 Å². The molecule has 0 amide bonds. The number of benzene rings is 2. The lowest BCUT2D eigenvalue weighted by molar-refractivity contribution is 0.591. The second-order valence-corrected chi connectivity index (χ2v) is 5.07. The number of halogens is 2. The van der Waals surface area contributed by atoms with Gasteiger partial charge in [0.15, 0.2) is 0 Å². The number of nitrogens with one attached hydrogen (secondary N) is 1. The largest absolute Gasteiger partial charge is 0.306 e. The number of aromatic nitrogens is 2. The van der Waals surface area contributed by atoms with E-state index in [1.165, 1.54) is 0 Å². The highest BCUT2D eigenvalue weighted by Crippen LogP contribution is 2.21. The first kappa shape index (κ1) is 13.4. The molecule has 0 aliphatic heterocycles. The first-order chi connectivity index (χ1) is 9.94. The number of hydrogen-bond acceptors (Lipinski definition) is 2. The van der Waals surface area contributed by atoms with E-state index in [1.807, 2.05) is 32.0 Å². The van der Waals surface area contributed by atoms with Crippen molar-refractivity contribution in [2.45, 2.75) is 13.8 Å². The Labute approximate surface area is 119 Å².